The number of fused-ring (bicyclic) bond motifs is 1. The van der Waals surface area contributed by atoms with Gasteiger partial charge >= 0.3 is 5.97 Å². The molecule has 1 heterocycles. The minimum atomic E-state index is -0.781. The van der Waals surface area contributed by atoms with Crippen molar-refractivity contribution in [3.05, 3.63) is 53.3 Å². The summed E-state index contributed by atoms with van der Waals surface area (Å²) >= 11 is 0. The van der Waals surface area contributed by atoms with Crippen LogP contribution in [0, 0.1) is 0 Å². The molecule has 2 aromatic carbocycles. The van der Waals surface area contributed by atoms with Crippen molar-refractivity contribution in [2.45, 2.75) is 13.0 Å². The predicted octanol–water partition coefficient (Wildman–Crippen LogP) is 3.26. The van der Waals surface area contributed by atoms with Crippen molar-refractivity contribution < 1.29 is 33.3 Å². The first kappa shape index (κ1) is 19.3. The largest absolute Gasteiger partial charge is 0.493 e. The molecule has 7 heteroatoms. The highest BCUT2D eigenvalue weighted by Gasteiger charge is 2.29. The van der Waals surface area contributed by atoms with Crippen LogP contribution in [-0.2, 0) is 9.53 Å². The second-order valence-electron chi connectivity index (χ2n) is 5.96. The zero-order valence-electron chi connectivity index (χ0n) is 16.0. The van der Waals surface area contributed by atoms with Crippen molar-refractivity contribution >= 4 is 17.8 Å². The van der Waals surface area contributed by atoms with Crippen LogP contribution in [0.25, 0.3) is 6.08 Å². The van der Waals surface area contributed by atoms with Gasteiger partial charge in [-0.3, -0.25) is 4.79 Å². The Labute approximate surface area is 162 Å². The van der Waals surface area contributed by atoms with Crippen LogP contribution in [0.1, 0.15) is 22.8 Å². The molecule has 1 aliphatic heterocycles. The third kappa shape index (κ3) is 3.64. The maximum Gasteiger partial charge on any atom is 0.346 e. The van der Waals surface area contributed by atoms with Crippen LogP contribution in [-0.4, -0.2) is 39.2 Å². The lowest BCUT2D eigenvalue weighted by atomic mass is 10.1. The molecule has 0 aromatic heterocycles. The van der Waals surface area contributed by atoms with Gasteiger partial charge in [0.15, 0.2) is 23.4 Å². The Balaban J connectivity index is 1.88. The normalized spacial score (nSPS) is 14.9. The lowest BCUT2D eigenvalue weighted by molar-refractivity contribution is -0.147. The van der Waals surface area contributed by atoms with Gasteiger partial charge in [0.2, 0.25) is 5.78 Å². The van der Waals surface area contributed by atoms with Crippen molar-refractivity contribution in [2.24, 2.45) is 0 Å². The summed E-state index contributed by atoms with van der Waals surface area (Å²) in [6.07, 6.45) is 0.817. The van der Waals surface area contributed by atoms with Crippen LogP contribution in [0.2, 0.25) is 0 Å². The lowest BCUT2D eigenvalue weighted by Crippen LogP contribution is -2.24. The van der Waals surface area contributed by atoms with E-state index in [1.54, 1.807) is 56.5 Å². The molecule has 0 aliphatic carbocycles. The minimum Gasteiger partial charge on any atom is -0.493 e. The summed E-state index contributed by atoms with van der Waals surface area (Å²) in [5.74, 6) is 1.20. The number of allylic oxidation sites excluding steroid dienone is 1. The first-order chi connectivity index (χ1) is 13.5. The number of carbonyl (C=O) groups is 2. The molecule has 1 aliphatic rings. The van der Waals surface area contributed by atoms with Gasteiger partial charge in [0, 0.05) is 11.6 Å². The molecular weight excluding hydrogens is 364 g/mol. The van der Waals surface area contributed by atoms with Gasteiger partial charge in [0.25, 0.3) is 0 Å². The molecule has 0 N–H and O–H groups in total. The number of carbonyl (C=O) groups excluding carboxylic acids is 2. The van der Waals surface area contributed by atoms with Gasteiger partial charge in [-0.05, 0) is 31.2 Å². The second-order valence-corrected chi connectivity index (χ2v) is 5.96. The highest BCUT2D eigenvalue weighted by Crippen LogP contribution is 2.37. The van der Waals surface area contributed by atoms with E-state index in [0.717, 1.165) is 0 Å². The van der Waals surface area contributed by atoms with Gasteiger partial charge in [-0.1, -0.05) is 12.1 Å². The summed E-state index contributed by atoms with van der Waals surface area (Å²) in [5.41, 5.74) is 1.06. The van der Waals surface area contributed by atoms with E-state index in [2.05, 4.69) is 4.74 Å². The SMILES string of the molecule is COC(=O)[C@@H](C)Oc1ccc2c(c1)O/C(=C\c1cccc(OC)c1OC)C2=O. The fourth-order valence-electron chi connectivity index (χ4n) is 2.83. The van der Waals surface area contributed by atoms with Gasteiger partial charge in [-0.2, -0.15) is 0 Å². The molecule has 146 valence electrons. The molecule has 28 heavy (non-hydrogen) atoms. The summed E-state index contributed by atoms with van der Waals surface area (Å²) in [4.78, 5) is 24.2. The molecule has 0 amide bonds. The highest BCUT2D eigenvalue weighted by atomic mass is 16.6. The summed E-state index contributed by atoms with van der Waals surface area (Å²) in [6.45, 7) is 1.57. The molecule has 0 fully saturated rings. The third-order valence-electron chi connectivity index (χ3n) is 4.21. The number of benzene rings is 2. The van der Waals surface area contributed by atoms with Gasteiger partial charge in [-0.15, -0.1) is 0 Å². The second kappa shape index (κ2) is 8.04. The molecule has 1 atom stereocenters. The van der Waals surface area contributed by atoms with Crippen molar-refractivity contribution in [3.63, 3.8) is 0 Å². The van der Waals surface area contributed by atoms with E-state index in [1.165, 1.54) is 14.2 Å². The zero-order chi connectivity index (χ0) is 20.3. The van der Waals surface area contributed by atoms with Crippen LogP contribution in [0.15, 0.2) is 42.2 Å². The van der Waals surface area contributed by atoms with E-state index >= 15 is 0 Å². The fourth-order valence-corrected chi connectivity index (χ4v) is 2.83. The van der Waals surface area contributed by atoms with Crippen molar-refractivity contribution in [3.8, 4) is 23.0 Å². The molecule has 0 radical (unpaired) electrons. The maximum atomic E-state index is 12.7. The lowest BCUT2D eigenvalue weighted by Gasteiger charge is -2.12. The van der Waals surface area contributed by atoms with Crippen LogP contribution >= 0.6 is 0 Å². The molecule has 2 aromatic rings. The number of Topliss-reactive ketones (excluding diaryl/α,β-unsaturated/α-hetero) is 1. The number of rotatable bonds is 6. The molecule has 0 spiro atoms. The van der Waals surface area contributed by atoms with E-state index in [0.29, 0.717) is 34.1 Å². The maximum absolute atomic E-state index is 12.7. The first-order valence-electron chi connectivity index (χ1n) is 8.52. The average molecular weight is 384 g/mol. The predicted molar refractivity (Wildman–Crippen MR) is 101 cm³/mol. The van der Waals surface area contributed by atoms with Crippen molar-refractivity contribution in [1.29, 1.82) is 0 Å². The number of ether oxygens (including phenoxy) is 5. The van der Waals surface area contributed by atoms with Crippen LogP contribution in [0.5, 0.6) is 23.0 Å². The number of ketones is 1. The monoisotopic (exact) mass is 384 g/mol. The van der Waals surface area contributed by atoms with E-state index in [-0.39, 0.29) is 11.5 Å². The summed E-state index contributed by atoms with van der Waals surface area (Å²) in [7, 11) is 4.35. The van der Waals surface area contributed by atoms with E-state index in [1.807, 2.05) is 0 Å². The highest BCUT2D eigenvalue weighted by molar-refractivity contribution is 6.14. The van der Waals surface area contributed by atoms with E-state index in [4.69, 9.17) is 18.9 Å². The quantitative estimate of drug-likeness (QED) is 0.559. The van der Waals surface area contributed by atoms with Gasteiger partial charge in [-0.25, -0.2) is 4.79 Å². The molecular formula is C21H20O7. The Morgan fingerprint density at radius 1 is 1.11 bits per heavy atom. The summed E-state index contributed by atoms with van der Waals surface area (Å²) in [5, 5.41) is 0. The van der Waals surface area contributed by atoms with E-state index in [9.17, 15) is 9.59 Å². The van der Waals surface area contributed by atoms with Crippen LogP contribution in [0.3, 0.4) is 0 Å². The minimum absolute atomic E-state index is 0.153. The Hall–Kier alpha value is -3.48. The smallest absolute Gasteiger partial charge is 0.346 e. The van der Waals surface area contributed by atoms with Crippen LogP contribution < -0.4 is 18.9 Å². The van der Waals surface area contributed by atoms with Gasteiger partial charge in [0.05, 0.1) is 26.9 Å². The van der Waals surface area contributed by atoms with Crippen molar-refractivity contribution in [1.82, 2.24) is 0 Å². The molecule has 0 unspecified atom stereocenters. The molecule has 0 bridgehead atoms. The molecule has 3 rings (SSSR count). The van der Waals surface area contributed by atoms with Gasteiger partial charge in [0.1, 0.15) is 11.5 Å². The number of esters is 1. The number of hydrogen-bond donors (Lipinski definition) is 0. The van der Waals surface area contributed by atoms with Gasteiger partial charge < -0.3 is 23.7 Å². The summed E-state index contributed by atoms with van der Waals surface area (Å²) < 4.78 is 26.6. The Morgan fingerprint density at radius 3 is 2.57 bits per heavy atom. The average Bonchev–Trinajstić information content (AvgIpc) is 3.01. The van der Waals surface area contributed by atoms with E-state index < -0.39 is 12.1 Å². The Bertz CT molecular complexity index is 946. The van der Waals surface area contributed by atoms with Crippen LogP contribution in [0.4, 0.5) is 0 Å². The summed E-state index contributed by atoms with van der Waals surface area (Å²) in [6, 6.07) is 10.1. The molecule has 7 nitrogen and oxygen atoms in total. The number of hydrogen-bond acceptors (Lipinski definition) is 7. The standard InChI is InChI=1S/C21H20O7/c1-12(21(23)26-4)27-14-8-9-15-17(11-14)28-18(19(15)22)10-13-6-5-7-16(24-2)20(13)25-3/h5-12H,1-4H3/b18-10-/t12-/m1/s1. The molecule has 0 saturated carbocycles. The Morgan fingerprint density at radius 2 is 1.89 bits per heavy atom. The van der Waals surface area contributed by atoms with Crippen molar-refractivity contribution in [2.75, 3.05) is 21.3 Å². The number of para-hydroxylation sites is 1. The number of methoxy groups -OCH3 is 3. The molecule has 0 saturated heterocycles. The zero-order valence-corrected chi connectivity index (χ0v) is 16.0. The third-order valence-corrected chi connectivity index (χ3v) is 4.21. The first-order valence-corrected chi connectivity index (χ1v) is 8.52. The topological polar surface area (TPSA) is 80.3 Å². The fraction of sp³-hybridized carbons (Fsp3) is 0.238. The Kier molecular flexibility index (Phi) is 5.54.